The summed E-state index contributed by atoms with van der Waals surface area (Å²) in [5.41, 5.74) is 1.18. The topological polar surface area (TPSA) is 155 Å². The Labute approximate surface area is 258 Å². The Morgan fingerprint density at radius 2 is 1.48 bits per heavy atom. The second kappa shape index (κ2) is 17.1. The zero-order valence-corrected chi connectivity index (χ0v) is 25.8. The third-order valence-electron chi connectivity index (χ3n) is 7.07. The van der Waals surface area contributed by atoms with Crippen LogP contribution in [0.4, 0.5) is 5.69 Å². The molecule has 1 saturated heterocycles. The summed E-state index contributed by atoms with van der Waals surface area (Å²) in [5.74, 6) is -2.57. The molecule has 3 atom stereocenters. The molecule has 1 aliphatic heterocycles. The quantitative estimate of drug-likeness (QED) is 0.220. The van der Waals surface area contributed by atoms with Crippen LogP contribution in [0, 0.1) is 5.92 Å². The molecule has 12 nitrogen and oxygen atoms in total. The number of ether oxygens (including phenoxy) is 2. The number of hydrogen-bond donors (Lipinski definition) is 4. The number of nitrogens with one attached hydrogen (secondary N) is 4. The maximum Gasteiger partial charge on any atom is 0.293 e. The van der Waals surface area contributed by atoms with Crippen LogP contribution in [0.2, 0.25) is 0 Å². The predicted molar refractivity (Wildman–Crippen MR) is 165 cm³/mol. The van der Waals surface area contributed by atoms with E-state index in [1.807, 2.05) is 18.7 Å². The molecule has 2 aromatic carbocycles. The van der Waals surface area contributed by atoms with E-state index in [4.69, 9.17) is 9.47 Å². The van der Waals surface area contributed by atoms with Crippen molar-refractivity contribution in [1.29, 1.82) is 0 Å². The molecule has 1 fully saturated rings. The molecule has 4 amide bonds. The van der Waals surface area contributed by atoms with Crippen LogP contribution in [0.5, 0.6) is 5.75 Å². The maximum absolute atomic E-state index is 13.7. The molecule has 3 rings (SSSR count). The Morgan fingerprint density at radius 3 is 2.09 bits per heavy atom. The fourth-order valence-corrected chi connectivity index (χ4v) is 4.67. The average Bonchev–Trinajstić information content (AvgIpc) is 3.00. The maximum atomic E-state index is 13.7. The monoisotopic (exact) mass is 609 g/mol. The van der Waals surface area contributed by atoms with Crippen molar-refractivity contribution in [2.75, 3.05) is 45.3 Å². The number of Topliss-reactive ketones (excluding diaryl/α,β-unsaturated/α-hetero) is 1. The third kappa shape index (κ3) is 11.1. The molecule has 1 aliphatic rings. The van der Waals surface area contributed by atoms with Crippen LogP contribution in [0.25, 0.3) is 0 Å². The number of hydrogen-bond acceptors (Lipinski definition) is 8. The molecular formula is C32H43N5O7. The number of morpholine rings is 1. The molecule has 238 valence electrons. The molecular weight excluding hydrogens is 566 g/mol. The minimum absolute atomic E-state index is 0.0231. The van der Waals surface area contributed by atoms with E-state index < -0.39 is 41.6 Å². The molecule has 0 aromatic heterocycles. The van der Waals surface area contributed by atoms with Crippen molar-refractivity contribution in [2.24, 2.45) is 5.92 Å². The number of rotatable bonds is 15. The summed E-state index contributed by atoms with van der Waals surface area (Å²) >= 11 is 0. The molecule has 12 heteroatoms. The van der Waals surface area contributed by atoms with Gasteiger partial charge in [0.15, 0.2) is 0 Å². The van der Waals surface area contributed by atoms with Gasteiger partial charge in [0.05, 0.1) is 32.9 Å². The van der Waals surface area contributed by atoms with Crippen LogP contribution >= 0.6 is 0 Å². The number of carbonyl (C=O) groups excluding carboxylic acids is 5. The first-order valence-electron chi connectivity index (χ1n) is 14.8. The Kier molecular flexibility index (Phi) is 13.3. The average molecular weight is 610 g/mol. The molecule has 0 bridgehead atoms. The lowest BCUT2D eigenvalue weighted by molar-refractivity contribution is -0.138. The predicted octanol–water partition coefficient (Wildman–Crippen LogP) is 1.30. The van der Waals surface area contributed by atoms with Gasteiger partial charge in [-0.25, -0.2) is 0 Å². The van der Waals surface area contributed by atoms with E-state index in [0.29, 0.717) is 37.7 Å². The van der Waals surface area contributed by atoms with Crippen LogP contribution in [0.15, 0.2) is 54.6 Å². The molecule has 4 N–H and O–H groups in total. The number of amides is 4. The first-order valence-corrected chi connectivity index (χ1v) is 14.8. The van der Waals surface area contributed by atoms with Crippen LogP contribution in [-0.2, 0) is 35.1 Å². The van der Waals surface area contributed by atoms with Gasteiger partial charge in [0.2, 0.25) is 23.5 Å². The Balaban J connectivity index is 1.72. The van der Waals surface area contributed by atoms with E-state index in [-0.39, 0.29) is 31.2 Å². The van der Waals surface area contributed by atoms with Crippen molar-refractivity contribution in [3.63, 3.8) is 0 Å². The fourth-order valence-electron chi connectivity index (χ4n) is 4.67. The van der Waals surface area contributed by atoms with Crippen molar-refractivity contribution in [1.82, 2.24) is 20.9 Å². The Hall–Kier alpha value is -4.29. The molecule has 1 heterocycles. The smallest absolute Gasteiger partial charge is 0.293 e. The standard InChI is InChI=1S/C32H43N5O7/c1-21(2)18-26(29(39)32(42)34-24-8-6-5-7-9-24)35-31(41)27(19-23-10-12-25(43-4)13-11-23)36-30(40)22(3)33-28(38)20-37-14-16-44-17-15-37/h5-13,21-22,26-27H,14-20H2,1-4H3,(H,33,38)(H,34,42)(H,35,41)(H,36,40)/t22-,26-,27-/m0/s1. The molecule has 0 aliphatic carbocycles. The molecule has 0 unspecified atom stereocenters. The summed E-state index contributed by atoms with van der Waals surface area (Å²) in [4.78, 5) is 67.4. The molecule has 2 aromatic rings. The molecule has 0 spiro atoms. The van der Waals surface area contributed by atoms with E-state index >= 15 is 0 Å². The van der Waals surface area contributed by atoms with Crippen LogP contribution in [0.3, 0.4) is 0 Å². The van der Waals surface area contributed by atoms with Crippen LogP contribution in [-0.4, -0.2) is 92.4 Å². The number of benzene rings is 2. The highest BCUT2D eigenvalue weighted by molar-refractivity contribution is 6.42. The lowest BCUT2D eigenvalue weighted by atomic mass is 9.98. The van der Waals surface area contributed by atoms with Gasteiger partial charge in [-0.05, 0) is 49.1 Å². The Morgan fingerprint density at radius 1 is 0.841 bits per heavy atom. The van der Waals surface area contributed by atoms with E-state index in [1.54, 1.807) is 61.7 Å². The van der Waals surface area contributed by atoms with Gasteiger partial charge in [0.1, 0.15) is 17.8 Å². The van der Waals surface area contributed by atoms with Gasteiger partial charge in [-0.2, -0.15) is 0 Å². The van der Waals surface area contributed by atoms with Gasteiger partial charge >= 0.3 is 0 Å². The highest BCUT2D eigenvalue weighted by Crippen LogP contribution is 2.14. The minimum Gasteiger partial charge on any atom is -0.497 e. The second-order valence-corrected chi connectivity index (χ2v) is 11.2. The van der Waals surface area contributed by atoms with E-state index in [2.05, 4.69) is 21.3 Å². The van der Waals surface area contributed by atoms with Crippen LogP contribution in [0.1, 0.15) is 32.8 Å². The number of nitrogens with zero attached hydrogens (tertiary/aromatic N) is 1. The van der Waals surface area contributed by atoms with Gasteiger partial charge in [-0.3, -0.25) is 28.9 Å². The van der Waals surface area contributed by atoms with Gasteiger partial charge in [0, 0.05) is 25.2 Å². The number of carbonyl (C=O) groups is 5. The largest absolute Gasteiger partial charge is 0.497 e. The van der Waals surface area contributed by atoms with Crippen molar-refractivity contribution in [2.45, 2.75) is 51.7 Å². The number of methoxy groups -OCH3 is 1. The van der Waals surface area contributed by atoms with Gasteiger partial charge in [-0.1, -0.05) is 44.2 Å². The lowest BCUT2D eigenvalue weighted by Crippen LogP contribution is -2.57. The third-order valence-corrected chi connectivity index (χ3v) is 7.07. The first kappa shape index (κ1) is 34.2. The molecule has 44 heavy (non-hydrogen) atoms. The first-order chi connectivity index (χ1) is 21.0. The van der Waals surface area contributed by atoms with E-state index in [9.17, 15) is 24.0 Å². The zero-order chi connectivity index (χ0) is 32.1. The molecule has 0 radical (unpaired) electrons. The van der Waals surface area contributed by atoms with Gasteiger partial charge < -0.3 is 30.7 Å². The fraction of sp³-hybridized carbons (Fsp3) is 0.469. The van der Waals surface area contributed by atoms with Crippen molar-refractivity contribution < 1.29 is 33.4 Å². The summed E-state index contributed by atoms with van der Waals surface area (Å²) in [7, 11) is 1.54. The second-order valence-electron chi connectivity index (χ2n) is 11.2. The summed E-state index contributed by atoms with van der Waals surface area (Å²) in [5, 5.41) is 10.7. The minimum atomic E-state index is -1.12. The summed E-state index contributed by atoms with van der Waals surface area (Å²) in [6, 6.07) is 12.4. The zero-order valence-electron chi connectivity index (χ0n) is 25.8. The highest BCUT2D eigenvalue weighted by Gasteiger charge is 2.32. The Bertz CT molecular complexity index is 1260. The van der Waals surface area contributed by atoms with Gasteiger partial charge in [-0.15, -0.1) is 0 Å². The van der Waals surface area contributed by atoms with E-state index in [1.165, 1.54) is 6.92 Å². The number of para-hydroxylation sites is 1. The summed E-state index contributed by atoms with van der Waals surface area (Å²) in [6.07, 6.45) is 0.304. The van der Waals surface area contributed by atoms with Gasteiger partial charge in [0.25, 0.3) is 5.91 Å². The summed E-state index contributed by atoms with van der Waals surface area (Å²) < 4.78 is 10.5. The number of anilines is 1. The SMILES string of the molecule is COc1ccc(C[C@H](NC(=O)[C@H](C)NC(=O)CN2CCOCC2)C(=O)N[C@@H](CC(C)C)C(=O)C(=O)Nc2ccccc2)cc1. The van der Waals surface area contributed by atoms with Crippen molar-refractivity contribution in [3.05, 3.63) is 60.2 Å². The van der Waals surface area contributed by atoms with Crippen LogP contribution < -0.4 is 26.0 Å². The van der Waals surface area contributed by atoms with Crippen molar-refractivity contribution >= 4 is 35.1 Å². The van der Waals surface area contributed by atoms with E-state index in [0.717, 1.165) is 5.56 Å². The highest BCUT2D eigenvalue weighted by atomic mass is 16.5. The molecule has 0 saturated carbocycles. The summed E-state index contributed by atoms with van der Waals surface area (Å²) in [6.45, 7) is 7.74. The van der Waals surface area contributed by atoms with Crippen molar-refractivity contribution in [3.8, 4) is 5.75 Å². The normalized spacial score (nSPS) is 15.4. The number of ketones is 1. The lowest BCUT2D eigenvalue weighted by Gasteiger charge is -2.27.